The van der Waals surface area contributed by atoms with Crippen LogP contribution in [0.15, 0.2) is 23.9 Å². The van der Waals surface area contributed by atoms with Crippen molar-refractivity contribution in [2.24, 2.45) is 5.41 Å². The zero-order valence-corrected chi connectivity index (χ0v) is 11.9. The van der Waals surface area contributed by atoms with Gasteiger partial charge in [0.05, 0.1) is 0 Å². The molecule has 0 aromatic rings. The van der Waals surface area contributed by atoms with Crippen LogP contribution in [0.5, 0.6) is 0 Å². The number of rotatable bonds is 6. The van der Waals surface area contributed by atoms with Gasteiger partial charge in [-0.05, 0) is 33.3 Å². The molecule has 0 aliphatic heterocycles. The molecule has 0 fully saturated rings. The van der Waals surface area contributed by atoms with Crippen molar-refractivity contribution >= 4 is 6.21 Å². The highest BCUT2D eigenvalue weighted by molar-refractivity contribution is 5.47. The minimum absolute atomic E-state index is 0.295. The average Bonchev–Trinajstić information content (AvgIpc) is 2.33. The van der Waals surface area contributed by atoms with Gasteiger partial charge in [0, 0.05) is 18.8 Å². The van der Waals surface area contributed by atoms with Crippen LogP contribution in [0.3, 0.4) is 0 Å². The van der Waals surface area contributed by atoms with Gasteiger partial charge >= 0.3 is 0 Å². The third-order valence-electron chi connectivity index (χ3n) is 4.05. The van der Waals surface area contributed by atoms with Gasteiger partial charge in [-0.15, -0.1) is 0 Å². The van der Waals surface area contributed by atoms with Crippen molar-refractivity contribution in [3.05, 3.63) is 23.9 Å². The van der Waals surface area contributed by atoms with E-state index < -0.39 is 0 Å². The summed E-state index contributed by atoms with van der Waals surface area (Å²) in [4.78, 5) is 0. The third kappa shape index (κ3) is 3.33. The first kappa shape index (κ1) is 15.2. The van der Waals surface area contributed by atoms with Gasteiger partial charge in [-0.25, -0.2) is 4.58 Å². The van der Waals surface area contributed by atoms with Gasteiger partial charge in [-0.2, -0.15) is 0 Å². The van der Waals surface area contributed by atoms with Crippen molar-refractivity contribution in [2.45, 2.75) is 53.9 Å². The van der Waals surface area contributed by atoms with E-state index in [1.54, 1.807) is 0 Å². The highest BCUT2D eigenvalue weighted by Crippen LogP contribution is 2.40. The average molecular weight is 222 g/mol. The zero-order chi connectivity index (χ0) is 12.8. The molecule has 0 saturated carbocycles. The lowest BCUT2D eigenvalue weighted by Crippen LogP contribution is -2.23. The van der Waals surface area contributed by atoms with E-state index >= 15 is 0 Å². The van der Waals surface area contributed by atoms with Crippen molar-refractivity contribution in [3.8, 4) is 0 Å². The summed E-state index contributed by atoms with van der Waals surface area (Å²) < 4.78 is 2.13. The van der Waals surface area contributed by atoms with E-state index in [0.29, 0.717) is 5.41 Å². The van der Waals surface area contributed by atoms with Gasteiger partial charge in [-0.3, -0.25) is 0 Å². The highest BCUT2D eigenvalue weighted by atomic mass is 15.0. The summed E-state index contributed by atoms with van der Waals surface area (Å²) in [6.45, 7) is 15.2. The topological polar surface area (TPSA) is 3.01 Å². The summed E-state index contributed by atoms with van der Waals surface area (Å²) in [6.07, 6.45) is 7.73. The second-order valence-electron chi connectivity index (χ2n) is 4.57. The molecule has 0 bridgehead atoms. The van der Waals surface area contributed by atoms with Gasteiger partial charge in [0.25, 0.3) is 0 Å². The quantitative estimate of drug-likeness (QED) is 0.356. The van der Waals surface area contributed by atoms with Gasteiger partial charge in [0.15, 0.2) is 5.70 Å². The van der Waals surface area contributed by atoms with Crippen LogP contribution in [0, 0.1) is 5.41 Å². The lowest BCUT2D eigenvalue weighted by molar-refractivity contribution is -0.443. The smallest absolute Gasteiger partial charge is 0.174 e. The Morgan fingerprint density at radius 3 is 2.06 bits per heavy atom. The van der Waals surface area contributed by atoms with Crippen LogP contribution in [-0.2, 0) is 0 Å². The fraction of sp³-hybridized carbons (Fsp3) is 0.667. The Kier molecular flexibility index (Phi) is 6.32. The van der Waals surface area contributed by atoms with E-state index in [1.807, 2.05) is 6.92 Å². The standard InChI is InChI=1S/C15H28N/c1-8-13(5)15(9-2,10-3)12-14(6)16(7)11-4/h8,11H,6,9-10,12H2,1-5,7H3/q+1. The Hall–Kier alpha value is -0.850. The second kappa shape index (κ2) is 6.67. The number of hydrogen-bond acceptors (Lipinski definition) is 0. The maximum Gasteiger partial charge on any atom is 0.174 e. The molecule has 0 unspecified atom stereocenters. The fourth-order valence-corrected chi connectivity index (χ4v) is 2.20. The molecule has 1 heteroatoms. The summed E-state index contributed by atoms with van der Waals surface area (Å²) in [5, 5.41) is 0. The Labute approximate surface area is 102 Å². The first-order valence-electron chi connectivity index (χ1n) is 6.30. The lowest BCUT2D eigenvalue weighted by atomic mass is 9.72. The van der Waals surface area contributed by atoms with Crippen molar-refractivity contribution < 1.29 is 4.58 Å². The normalized spacial score (nSPS) is 14.1. The van der Waals surface area contributed by atoms with Gasteiger partial charge in [0.2, 0.25) is 0 Å². The predicted octanol–water partition coefficient (Wildman–Crippen LogP) is 4.40. The molecular formula is C15H28N+. The molecule has 0 radical (unpaired) electrons. The molecule has 0 aromatic carbocycles. The first-order valence-corrected chi connectivity index (χ1v) is 6.30. The minimum Gasteiger partial charge on any atom is -0.210 e. The van der Waals surface area contributed by atoms with Crippen molar-refractivity contribution in [2.75, 3.05) is 7.05 Å². The van der Waals surface area contributed by atoms with Crippen LogP contribution in [0.4, 0.5) is 0 Å². The molecule has 16 heavy (non-hydrogen) atoms. The zero-order valence-electron chi connectivity index (χ0n) is 11.9. The maximum atomic E-state index is 4.19. The molecule has 0 spiro atoms. The highest BCUT2D eigenvalue weighted by Gasteiger charge is 2.30. The third-order valence-corrected chi connectivity index (χ3v) is 4.05. The molecular weight excluding hydrogens is 194 g/mol. The Morgan fingerprint density at radius 2 is 1.75 bits per heavy atom. The van der Waals surface area contributed by atoms with E-state index in [9.17, 15) is 0 Å². The summed E-state index contributed by atoms with van der Waals surface area (Å²) >= 11 is 0. The van der Waals surface area contributed by atoms with Crippen LogP contribution in [-0.4, -0.2) is 17.8 Å². The minimum atomic E-state index is 0.295. The molecule has 0 amide bonds. The monoisotopic (exact) mass is 222 g/mol. The van der Waals surface area contributed by atoms with Crippen LogP contribution in [0.2, 0.25) is 0 Å². The van der Waals surface area contributed by atoms with E-state index in [2.05, 4.69) is 58.2 Å². The molecule has 0 aliphatic rings. The van der Waals surface area contributed by atoms with Gasteiger partial charge < -0.3 is 0 Å². The summed E-state index contributed by atoms with van der Waals surface area (Å²) in [7, 11) is 2.07. The summed E-state index contributed by atoms with van der Waals surface area (Å²) in [5.41, 5.74) is 2.99. The first-order chi connectivity index (χ1) is 7.47. The van der Waals surface area contributed by atoms with E-state index in [1.165, 1.54) is 24.1 Å². The molecule has 0 atom stereocenters. The van der Waals surface area contributed by atoms with E-state index in [0.717, 1.165) is 6.42 Å². The van der Waals surface area contributed by atoms with Gasteiger partial charge in [0.1, 0.15) is 13.3 Å². The number of allylic oxidation sites excluding steroid dienone is 3. The van der Waals surface area contributed by atoms with Crippen LogP contribution < -0.4 is 0 Å². The maximum absolute atomic E-state index is 4.19. The SMILES string of the molecule is C=C(CC(CC)(CC)C(C)=CC)[N+](C)=CC. The van der Waals surface area contributed by atoms with Crippen LogP contribution in [0.1, 0.15) is 53.9 Å². The van der Waals surface area contributed by atoms with Gasteiger partial charge in [-0.1, -0.05) is 25.5 Å². The molecule has 1 nitrogen and oxygen atoms in total. The predicted molar refractivity (Wildman–Crippen MR) is 74.1 cm³/mol. The molecule has 0 rings (SSSR count). The fourth-order valence-electron chi connectivity index (χ4n) is 2.20. The van der Waals surface area contributed by atoms with Crippen LogP contribution >= 0.6 is 0 Å². The van der Waals surface area contributed by atoms with E-state index in [-0.39, 0.29) is 0 Å². The Balaban J connectivity index is 5.03. The molecule has 0 saturated heterocycles. The second-order valence-corrected chi connectivity index (χ2v) is 4.57. The summed E-state index contributed by atoms with van der Waals surface area (Å²) in [5.74, 6) is 0. The van der Waals surface area contributed by atoms with Crippen molar-refractivity contribution in [1.82, 2.24) is 0 Å². The Bertz CT molecular complexity index is 291. The molecule has 92 valence electrons. The number of nitrogens with zero attached hydrogens (tertiary/aromatic N) is 1. The number of hydrogen-bond donors (Lipinski definition) is 0. The van der Waals surface area contributed by atoms with E-state index in [4.69, 9.17) is 0 Å². The largest absolute Gasteiger partial charge is 0.210 e. The Morgan fingerprint density at radius 1 is 1.25 bits per heavy atom. The van der Waals surface area contributed by atoms with Crippen molar-refractivity contribution in [1.29, 1.82) is 0 Å². The van der Waals surface area contributed by atoms with Crippen molar-refractivity contribution in [3.63, 3.8) is 0 Å². The molecule has 0 aliphatic carbocycles. The van der Waals surface area contributed by atoms with Crippen LogP contribution in [0.25, 0.3) is 0 Å². The molecule has 0 heterocycles. The lowest BCUT2D eigenvalue weighted by Gasteiger charge is -2.32. The molecule has 0 N–H and O–H groups in total. The summed E-state index contributed by atoms with van der Waals surface area (Å²) in [6, 6.07) is 0. The molecule has 0 aromatic heterocycles.